The summed E-state index contributed by atoms with van der Waals surface area (Å²) in [7, 11) is 0. The molecule has 1 aliphatic rings. The topological polar surface area (TPSA) is 49.4 Å². The third-order valence-electron chi connectivity index (χ3n) is 4.70. The Hall–Kier alpha value is -2.54. The first kappa shape index (κ1) is 20.2. The third kappa shape index (κ3) is 4.14. The molecule has 1 saturated heterocycles. The van der Waals surface area contributed by atoms with Crippen LogP contribution in [0.25, 0.3) is 0 Å². The van der Waals surface area contributed by atoms with Crippen LogP contribution in [0.5, 0.6) is 0 Å². The standard InChI is InChI=1S/C20H18ClF3N2O2/c1-11-3-4-12(2)17(7-11)26-10-13(8-18(26)27)19(28)25-16-9-14(20(22,23)24)5-6-15(16)21/h3-7,9,13H,8,10H2,1-2H3,(H,25,28)/t13-/m1/s1. The van der Waals surface area contributed by atoms with Crippen molar-refractivity contribution in [3.63, 3.8) is 0 Å². The van der Waals surface area contributed by atoms with E-state index in [9.17, 15) is 22.8 Å². The van der Waals surface area contributed by atoms with Crippen molar-refractivity contribution in [1.29, 1.82) is 0 Å². The van der Waals surface area contributed by atoms with E-state index in [4.69, 9.17) is 11.6 Å². The predicted molar refractivity (Wildman–Crippen MR) is 101 cm³/mol. The van der Waals surface area contributed by atoms with Gasteiger partial charge in [0.05, 0.1) is 22.2 Å². The average molecular weight is 411 g/mol. The van der Waals surface area contributed by atoms with Crippen LogP contribution in [-0.4, -0.2) is 18.4 Å². The molecule has 1 aliphatic heterocycles. The van der Waals surface area contributed by atoms with Crippen molar-refractivity contribution >= 4 is 34.8 Å². The number of hydrogen-bond acceptors (Lipinski definition) is 2. The minimum absolute atomic E-state index is 0.00272. The SMILES string of the molecule is Cc1ccc(C)c(N2C[C@H](C(=O)Nc3cc(C(F)(F)F)ccc3Cl)CC2=O)c1. The molecular weight excluding hydrogens is 393 g/mol. The highest BCUT2D eigenvalue weighted by atomic mass is 35.5. The summed E-state index contributed by atoms with van der Waals surface area (Å²) in [5.74, 6) is -1.43. The fourth-order valence-corrected chi connectivity index (χ4v) is 3.32. The minimum atomic E-state index is -4.55. The van der Waals surface area contributed by atoms with Crippen LogP contribution in [-0.2, 0) is 15.8 Å². The summed E-state index contributed by atoms with van der Waals surface area (Å²) in [6.07, 6.45) is -4.57. The number of aryl methyl sites for hydroxylation is 2. The molecule has 0 unspecified atom stereocenters. The van der Waals surface area contributed by atoms with E-state index in [1.807, 2.05) is 32.0 Å². The Balaban J connectivity index is 1.78. The van der Waals surface area contributed by atoms with Crippen LogP contribution in [0.4, 0.5) is 24.5 Å². The second kappa shape index (κ2) is 7.47. The number of alkyl halides is 3. The Morgan fingerprint density at radius 2 is 1.89 bits per heavy atom. The molecule has 3 rings (SSSR count). The maximum absolute atomic E-state index is 12.9. The zero-order valence-electron chi connectivity index (χ0n) is 15.2. The Morgan fingerprint density at radius 3 is 2.57 bits per heavy atom. The predicted octanol–water partition coefficient (Wildman–Crippen LogP) is 4.97. The van der Waals surface area contributed by atoms with Gasteiger partial charge in [-0.05, 0) is 49.2 Å². The van der Waals surface area contributed by atoms with Crippen molar-refractivity contribution in [3.8, 4) is 0 Å². The molecule has 2 aromatic carbocycles. The van der Waals surface area contributed by atoms with Gasteiger partial charge in [0.2, 0.25) is 11.8 Å². The summed E-state index contributed by atoms with van der Waals surface area (Å²) < 4.78 is 38.7. The summed E-state index contributed by atoms with van der Waals surface area (Å²) in [6.45, 7) is 3.94. The van der Waals surface area contributed by atoms with Gasteiger partial charge in [-0.15, -0.1) is 0 Å². The number of carbonyl (C=O) groups is 2. The van der Waals surface area contributed by atoms with Crippen molar-refractivity contribution in [3.05, 3.63) is 58.1 Å². The Morgan fingerprint density at radius 1 is 1.18 bits per heavy atom. The van der Waals surface area contributed by atoms with Gasteiger partial charge in [0.1, 0.15) is 0 Å². The molecule has 148 valence electrons. The number of rotatable bonds is 3. The zero-order chi connectivity index (χ0) is 20.6. The normalized spacial score (nSPS) is 17.1. The molecule has 2 aromatic rings. The molecule has 2 amide bonds. The highest BCUT2D eigenvalue weighted by Crippen LogP contribution is 2.35. The first-order chi connectivity index (χ1) is 13.1. The van der Waals surface area contributed by atoms with Gasteiger partial charge in [-0.1, -0.05) is 23.7 Å². The number of halogens is 4. The van der Waals surface area contributed by atoms with Gasteiger partial charge in [0.15, 0.2) is 0 Å². The molecule has 0 bridgehead atoms. The quantitative estimate of drug-likeness (QED) is 0.776. The molecule has 1 fully saturated rings. The lowest BCUT2D eigenvalue weighted by Crippen LogP contribution is -2.28. The van der Waals surface area contributed by atoms with Crippen LogP contribution in [0.1, 0.15) is 23.1 Å². The summed E-state index contributed by atoms with van der Waals surface area (Å²) >= 11 is 5.93. The van der Waals surface area contributed by atoms with Crippen LogP contribution in [0.2, 0.25) is 5.02 Å². The van der Waals surface area contributed by atoms with E-state index in [0.29, 0.717) is 0 Å². The van der Waals surface area contributed by atoms with E-state index in [-0.39, 0.29) is 29.6 Å². The first-order valence-corrected chi connectivity index (χ1v) is 8.99. The lowest BCUT2D eigenvalue weighted by Gasteiger charge is -2.20. The number of anilines is 2. The lowest BCUT2D eigenvalue weighted by molar-refractivity contribution is -0.137. The van der Waals surface area contributed by atoms with E-state index < -0.39 is 23.6 Å². The molecule has 1 heterocycles. The molecular formula is C20H18ClF3N2O2. The molecule has 0 aliphatic carbocycles. The molecule has 1 atom stereocenters. The Labute approximate surface area is 165 Å². The van der Waals surface area contributed by atoms with Crippen molar-refractivity contribution in [2.45, 2.75) is 26.4 Å². The lowest BCUT2D eigenvalue weighted by atomic mass is 10.1. The summed E-state index contributed by atoms with van der Waals surface area (Å²) in [5, 5.41) is 2.43. The summed E-state index contributed by atoms with van der Waals surface area (Å²) in [4.78, 5) is 26.5. The van der Waals surface area contributed by atoms with Crippen LogP contribution in [0.3, 0.4) is 0 Å². The van der Waals surface area contributed by atoms with Crippen molar-refractivity contribution in [2.24, 2.45) is 5.92 Å². The number of hydrogen-bond donors (Lipinski definition) is 1. The molecule has 0 spiro atoms. The van der Waals surface area contributed by atoms with Crippen molar-refractivity contribution < 1.29 is 22.8 Å². The monoisotopic (exact) mass is 410 g/mol. The van der Waals surface area contributed by atoms with Crippen LogP contribution in [0, 0.1) is 19.8 Å². The molecule has 8 heteroatoms. The van der Waals surface area contributed by atoms with Crippen LogP contribution < -0.4 is 10.2 Å². The molecule has 0 saturated carbocycles. The molecule has 4 nitrogen and oxygen atoms in total. The Bertz CT molecular complexity index is 944. The van der Waals surface area contributed by atoms with E-state index in [1.165, 1.54) is 0 Å². The van der Waals surface area contributed by atoms with Gasteiger partial charge in [-0.3, -0.25) is 9.59 Å². The van der Waals surface area contributed by atoms with Crippen molar-refractivity contribution in [2.75, 3.05) is 16.8 Å². The number of nitrogens with zero attached hydrogens (tertiary/aromatic N) is 1. The fourth-order valence-electron chi connectivity index (χ4n) is 3.16. The van der Waals surface area contributed by atoms with E-state index in [0.717, 1.165) is 35.0 Å². The summed E-state index contributed by atoms with van der Waals surface area (Å²) in [6, 6.07) is 8.42. The third-order valence-corrected chi connectivity index (χ3v) is 5.03. The van der Waals surface area contributed by atoms with Crippen molar-refractivity contribution in [1.82, 2.24) is 0 Å². The second-order valence-electron chi connectivity index (χ2n) is 6.88. The molecule has 0 aromatic heterocycles. The number of benzene rings is 2. The van der Waals surface area contributed by atoms with E-state index in [1.54, 1.807) is 4.90 Å². The first-order valence-electron chi connectivity index (χ1n) is 8.61. The highest BCUT2D eigenvalue weighted by molar-refractivity contribution is 6.33. The molecule has 1 N–H and O–H groups in total. The largest absolute Gasteiger partial charge is 0.416 e. The highest BCUT2D eigenvalue weighted by Gasteiger charge is 2.36. The maximum atomic E-state index is 12.9. The van der Waals surface area contributed by atoms with E-state index in [2.05, 4.69) is 5.32 Å². The average Bonchev–Trinajstić information content (AvgIpc) is 2.99. The number of nitrogens with one attached hydrogen (secondary N) is 1. The number of carbonyl (C=O) groups excluding carboxylic acids is 2. The Kier molecular flexibility index (Phi) is 5.39. The second-order valence-corrected chi connectivity index (χ2v) is 7.28. The van der Waals surface area contributed by atoms with Gasteiger partial charge >= 0.3 is 6.18 Å². The molecule has 0 radical (unpaired) electrons. The summed E-state index contributed by atoms with van der Waals surface area (Å²) in [5.41, 5.74) is 1.58. The van der Waals surface area contributed by atoms with Crippen LogP contribution in [0.15, 0.2) is 36.4 Å². The van der Waals surface area contributed by atoms with Gasteiger partial charge in [0.25, 0.3) is 0 Å². The number of amides is 2. The fraction of sp³-hybridized carbons (Fsp3) is 0.300. The minimum Gasteiger partial charge on any atom is -0.324 e. The van der Waals surface area contributed by atoms with Gasteiger partial charge in [-0.2, -0.15) is 13.2 Å². The van der Waals surface area contributed by atoms with Gasteiger partial charge in [-0.25, -0.2) is 0 Å². The van der Waals surface area contributed by atoms with Gasteiger partial charge < -0.3 is 10.2 Å². The molecule has 28 heavy (non-hydrogen) atoms. The zero-order valence-corrected chi connectivity index (χ0v) is 16.0. The smallest absolute Gasteiger partial charge is 0.324 e. The van der Waals surface area contributed by atoms with Crippen LogP contribution >= 0.6 is 11.6 Å². The maximum Gasteiger partial charge on any atom is 0.416 e. The van der Waals surface area contributed by atoms with E-state index >= 15 is 0 Å². The van der Waals surface area contributed by atoms with Gasteiger partial charge in [0, 0.05) is 18.7 Å².